The Balaban J connectivity index is 1.47. The lowest BCUT2D eigenvalue weighted by Crippen LogP contribution is -2.09. The van der Waals surface area contributed by atoms with E-state index in [0.29, 0.717) is 35.3 Å². The number of halogens is 1. The third-order valence-electron chi connectivity index (χ3n) is 4.41. The smallest absolute Gasteiger partial charge is 0.306 e. The van der Waals surface area contributed by atoms with Gasteiger partial charge in [0.15, 0.2) is 11.5 Å². The van der Waals surface area contributed by atoms with Crippen LogP contribution in [0.3, 0.4) is 0 Å². The number of rotatable bonds is 5. The van der Waals surface area contributed by atoms with Gasteiger partial charge >= 0.3 is 5.97 Å². The van der Waals surface area contributed by atoms with Crippen molar-refractivity contribution in [1.29, 1.82) is 0 Å². The molecule has 0 bridgehead atoms. The summed E-state index contributed by atoms with van der Waals surface area (Å²) in [6.45, 7) is 0.925. The van der Waals surface area contributed by atoms with Crippen molar-refractivity contribution in [3.63, 3.8) is 0 Å². The third-order valence-corrected chi connectivity index (χ3v) is 4.63. The van der Waals surface area contributed by atoms with Crippen LogP contribution in [0, 0.1) is 0 Å². The Morgan fingerprint density at radius 1 is 1.19 bits per heavy atom. The van der Waals surface area contributed by atoms with Gasteiger partial charge in [0.1, 0.15) is 18.1 Å². The molecule has 1 unspecified atom stereocenters. The van der Waals surface area contributed by atoms with Crippen LogP contribution in [-0.2, 0) is 16.1 Å². The molecule has 26 heavy (non-hydrogen) atoms. The minimum absolute atomic E-state index is 0.00764. The molecule has 2 aromatic carbocycles. The molecule has 2 aromatic rings. The van der Waals surface area contributed by atoms with Crippen LogP contribution in [0.5, 0.6) is 23.0 Å². The average molecular weight is 377 g/mol. The van der Waals surface area contributed by atoms with E-state index in [1.54, 1.807) is 12.1 Å². The van der Waals surface area contributed by atoms with Crippen LogP contribution in [-0.4, -0.2) is 26.5 Å². The average Bonchev–Trinajstić information content (AvgIpc) is 3.26. The lowest BCUT2D eigenvalue weighted by Gasteiger charge is -2.11. The van der Waals surface area contributed by atoms with Crippen molar-refractivity contribution < 1.29 is 28.5 Å². The Morgan fingerprint density at radius 3 is 2.92 bits per heavy atom. The first kappa shape index (κ1) is 16.8. The first-order chi connectivity index (χ1) is 12.6. The van der Waals surface area contributed by atoms with Gasteiger partial charge in [-0.15, -0.1) is 0 Å². The number of carbonyl (C=O) groups excluding carboxylic acids is 1. The molecule has 0 radical (unpaired) electrons. The van der Waals surface area contributed by atoms with Crippen LogP contribution in [0.15, 0.2) is 30.3 Å². The lowest BCUT2D eigenvalue weighted by molar-refractivity contribution is -0.141. The van der Waals surface area contributed by atoms with Gasteiger partial charge < -0.3 is 23.7 Å². The van der Waals surface area contributed by atoms with Gasteiger partial charge in [-0.3, -0.25) is 4.79 Å². The molecule has 6 nitrogen and oxygen atoms in total. The van der Waals surface area contributed by atoms with E-state index in [2.05, 4.69) is 0 Å². The maximum atomic E-state index is 11.5. The van der Waals surface area contributed by atoms with E-state index < -0.39 is 0 Å². The molecule has 0 saturated carbocycles. The Hall–Kier alpha value is -2.60. The second-order valence-electron chi connectivity index (χ2n) is 6.08. The van der Waals surface area contributed by atoms with Crippen molar-refractivity contribution in [2.75, 3.05) is 20.5 Å². The molecule has 0 spiro atoms. The third kappa shape index (κ3) is 3.24. The van der Waals surface area contributed by atoms with Crippen molar-refractivity contribution in [2.45, 2.75) is 18.9 Å². The van der Waals surface area contributed by atoms with Gasteiger partial charge in [0, 0.05) is 34.2 Å². The molecule has 0 N–H and O–H groups in total. The van der Waals surface area contributed by atoms with Gasteiger partial charge in [0.25, 0.3) is 0 Å². The van der Waals surface area contributed by atoms with Gasteiger partial charge in [-0.25, -0.2) is 0 Å². The van der Waals surface area contributed by atoms with Crippen molar-refractivity contribution in [2.24, 2.45) is 0 Å². The predicted molar refractivity (Wildman–Crippen MR) is 93.2 cm³/mol. The van der Waals surface area contributed by atoms with E-state index in [0.717, 1.165) is 16.9 Å². The molecule has 4 rings (SSSR count). The quantitative estimate of drug-likeness (QED) is 0.742. The van der Waals surface area contributed by atoms with Crippen LogP contribution in [0.2, 0.25) is 5.02 Å². The van der Waals surface area contributed by atoms with E-state index in [1.807, 2.05) is 18.2 Å². The Kier molecular flexibility index (Phi) is 4.51. The first-order valence-electron chi connectivity index (χ1n) is 8.18. The van der Waals surface area contributed by atoms with Crippen molar-refractivity contribution >= 4 is 17.6 Å². The highest BCUT2D eigenvalue weighted by atomic mass is 35.5. The van der Waals surface area contributed by atoms with Crippen LogP contribution >= 0.6 is 11.6 Å². The molecule has 0 aliphatic carbocycles. The van der Waals surface area contributed by atoms with E-state index in [9.17, 15) is 4.79 Å². The fraction of sp³-hybridized carbons (Fsp3) is 0.316. The van der Waals surface area contributed by atoms with Crippen molar-refractivity contribution in [1.82, 2.24) is 0 Å². The highest BCUT2D eigenvalue weighted by Gasteiger charge is 2.27. The molecule has 2 heterocycles. The highest BCUT2D eigenvalue weighted by Crippen LogP contribution is 2.40. The molecule has 2 aliphatic heterocycles. The van der Waals surface area contributed by atoms with Gasteiger partial charge in [0.05, 0.1) is 20.1 Å². The number of methoxy groups -OCH3 is 1. The minimum Gasteiger partial charge on any atom is -0.492 e. The van der Waals surface area contributed by atoms with Crippen LogP contribution in [0.1, 0.15) is 23.5 Å². The Labute approximate surface area is 155 Å². The normalized spacial score (nSPS) is 16.8. The van der Waals surface area contributed by atoms with Gasteiger partial charge in [0.2, 0.25) is 6.79 Å². The fourth-order valence-electron chi connectivity index (χ4n) is 3.11. The highest BCUT2D eigenvalue weighted by molar-refractivity contribution is 6.30. The molecular formula is C19H17ClO6. The van der Waals surface area contributed by atoms with Crippen LogP contribution in [0.4, 0.5) is 0 Å². The van der Waals surface area contributed by atoms with Crippen molar-refractivity contribution in [3.05, 3.63) is 46.5 Å². The summed E-state index contributed by atoms with van der Waals surface area (Å²) in [4.78, 5) is 11.5. The SMILES string of the molecule is COC(=O)CC1COc2cc(OCc3cc(Cl)cc4c3OCO4)ccc21. The lowest BCUT2D eigenvalue weighted by atomic mass is 9.98. The molecule has 136 valence electrons. The summed E-state index contributed by atoms with van der Waals surface area (Å²) in [7, 11) is 1.39. The number of fused-ring (bicyclic) bond motifs is 2. The summed E-state index contributed by atoms with van der Waals surface area (Å²) in [6, 6.07) is 9.13. The topological polar surface area (TPSA) is 63.2 Å². The monoisotopic (exact) mass is 376 g/mol. The zero-order chi connectivity index (χ0) is 18.1. The van der Waals surface area contributed by atoms with E-state index >= 15 is 0 Å². The van der Waals surface area contributed by atoms with E-state index in [1.165, 1.54) is 7.11 Å². The summed E-state index contributed by atoms with van der Waals surface area (Å²) >= 11 is 6.11. The number of hydrogen-bond donors (Lipinski definition) is 0. The van der Waals surface area contributed by atoms with E-state index in [-0.39, 0.29) is 25.3 Å². The Bertz CT molecular complexity index is 850. The summed E-state index contributed by atoms with van der Waals surface area (Å²) < 4.78 is 27.1. The minimum atomic E-state index is -0.246. The van der Waals surface area contributed by atoms with E-state index in [4.69, 9.17) is 35.3 Å². The van der Waals surface area contributed by atoms with Gasteiger partial charge in [-0.1, -0.05) is 17.7 Å². The Morgan fingerprint density at radius 2 is 2.08 bits per heavy atom. The number of hydrogen-bond acceptors (Lipinski definition) is 6. The molecular weight excluding hydrogens is 360 g/mol. The second kappa shape index (κ2) is 6.96. The number of esters is 1. The molecule has 7 heteroatoms. The van der Waals surface area contributed by atoms with Crippen molar-refractivity contribution in [3.8, 4) is 23.0 Å². The molecule has 0 saturated heterocycles. The zero-order valence-electron chi connectivity index (χ0n) is 14.1. The molecule has 0 amide bonds. The number of benzene rings is 2. The maximum absolute atomic E-state index is 11.5. The summed E-state index contributed by atoms with van der Waals surface area (Å²) in [5.41, 5.74) is 1.80. The molecule has 0 aromatic heterocycles. The fourth-order valence-corrected chi connectivity index (χ4v) is 3.34. The number of carbonyl (C=O) groups is 1. The van der Waals surface area contributed by atoms with Gasteiger partial charge in [-0.05, 0) is 12.1 Å². The summed E-state index contributed by atoms with van der Waals surface area (Å²) in [5.74, 6) is 2.43. The van der Waals surface area contributed by atoms with Crippen LogP contribution in [0.25, 0.3) is 0 Å². The molecule has 1 atom stereocenters. The number of ether oxygens (including phenoxy) is 5. The predicted octanol–water partition coefficient (Wildman–Crippen LogP) is 3.69. The molecule has 0 fully saturated rings. The summed E-state index contributed by atoms with van der Waals surface area (Å²) in [6.07, 6.45) is 0.301. The molecule has 2 aliphatic rings. The standard InChI is InChI=1S/C19H17ClO6/c1-22-18(21)5-11-8-24-16-7-14(2-3-15(11)16)23-9-12-4-13(20)6-17-19(12)26-10-25-17/h2-4,6-7,11H,5,8-10H2,1H3. The summed E-state index contributed by atoms with van der Waals surface area (Å²) in [5, 5.41) is 0.566. The largest absolute Gasteiger partial charge is 0.492 e. The van der Waals surface area contributed by atoms with Crippen LogP contribution < -0.4 is 18.9 Å². The first-order valence-corrected chi connectivity index (χ1v) is 8.56. The van der Waals surface area contributed by atoms with Gasteiger partial charge in [-0.2, -0.15) is 0 Å². The zero-order valence-corrected chi connectivity index (χ0v) is 14.9. The maximum Gasteiger partial charge on any atom is 0.306 e. The second-order valence-corrected chi connectivity index (χ2v) is 6.51.